The number of hydrogen-bond donors (Lipinski definition) is 1. The molecule has 1 aromatic heterocycles. The van der Waals surface area contributed by atoms with E-state index in [1.54, 1.807) is 50.5 Å². The van der Waals surface area contributed by atoms with Crippen molar-refractivity contribution in [3.8, 4) is 11.1 Å². The summed E-state index contributed by atoms with van der Waals surface area (Å²) in [6, 6.07) is 10.7. The highest BCUT2D eigenvalue weighted by molar-refractivity contribution is 7.90. The molecule has 23 heavy (non-hydrogen) atoms. The molecule has 0 aliphatic carbocycles. The van der Waals surface area contributed by atoms with Crippen LogP contribution in [0.25, 0.3) is 11.1 Å². The SMILES string of the molecule is CC(C)S(=O)(=O)NCC(C)(F)c1ccc(-c2cccnc2)cc1. The van der Waals surface area contributed by atoms with Gasteiger partial charge in [0, 0.05) is 18.9 Å². The molecule has 1 N–H and O–H groups in total. The average molecular weight is 336 g/mol. The fourth-order valence-corrected chi connectivity index (χ4v) is 2.85. The lowest BCUT2D eigenvalue weighted by atomic mass is 9.96. The molecule has 0 saturated heterocycles. The molecular formula is C17H21FN2O2S. The Bertz CT molecular complexity index is 742. The maximum absolute atomic E-state index is 14.8. The first kappa shape index (κ1) is 17.6. The third-order valence-electron chi connectivity index (χ3n) is 3.71. The van der Waals surface area contributed by atoms with Crippen LogP contribution >= 0.6 is 0 Å². The van der Waals surface area contributed by atoms with Crippen LogP contribution in [0.4, 0.5) is 4.39 Å². The van der Waals surface area contributed by atoms with E-state index in [9.17, 15) is 12.8 Å². The van der Waals surface area contributed by atoms with E-state index in [-0.39, 0.29) is 6.54 Å². The molecule has 124 valence electrons. The van der Waals surface area contributed by atoms with Gasteiger partial charge in [-0.1, -0.05) is 30.3 Å². The lowest BCUT2D eigenvalue weighted by Gasteiger charge is -2.22. The third-order valence-corrected chi connectivity index (χ3v) is 5.50. The van der Waals surface area contributed by atoms with Crippen LogP contribution in [0.1, 0.15) is 26.3 Å². The Morgan fingerprint density at radius 2 is 1.83 bits per heavy atom. The van der Waals surface area contributed by atoms with Crippen LogP contribution in [-0.4, -0.2) is 25.2 Å². The summed E-state index contributed by atoms with van der Waals surface area (Å²) in [7, 11) is -3.49. The fraction of sp³-hybridized carbons (Fsp3) is 0.353. The van der Waals surface area contributed by atoms with Gasteiger partial charge in [0.2, 0.25) is 10.0 Å². The lowest BCUT2D eigenvalue weighted by molar-refractivity contribution is 0.196. The number of sulfonamides is 1. The molecule has 0 aliphatic rings. The molecule has 0 saturated carbocycles. The van der Waals surface area contributed by atoms with Crippen LogP contribution < -0.4 is 4.72 Å². The number of halogens is 1. The van der Waals surface area contributed by atoms with Crippen molar-refractivity contribution >= 4 is 10.0 Å². The van der Waals surface area contributed by atoms with Gasteiger partial charge in [-0.25, -0.2) is 17.5 Å². The molecule has 2 aromatic rings. The number of rotatable bonds is 6. The minimum atomic E-state index is -3.49. The minimum Gasteiger partial charge on any atom is -0.264 e. The molecule has 0 amide bonds. The van der Waals surface area contributed by atoms with Crippen LogP contribution in [0.15, 0.2) is 48.8 Å². The van der Waals surface area contributed by atoms with Gasteiger partial charge < -0.3 is 0 Å². The number of nitrogens with zero attached hydrogens (tertiary/aromatic N) is 1. The van der Waals surface area contributed by atoms with Crippen molar-refractivity contribution in [1.29, 1.82) is 0 Å². The molecule has 6 heteroatoms. The van der Waals surface area contributed by atoms with E-state index in [0.717, 1.165) is 11.1 Å². The highest BCUT2D eigenvalue weighted by atomic mass is 32.2. The molecule has 0 aliphatic heterocycles. The van der Waals surface area contributed by atoms with Gasteiger partial charge in [-0.15, -0.1) is 0 Å². The van der Waals surface area contributed by atoms with E-state index < -0.39 is 20.9 Å². The second-order valence-electron chi connectivity index (χ2n) is 5.93. The summed E-state index contributed by atoms with van der Waals surface area (Å²) in [6.07, 6.45) is 3.43. The predicted octanol–water partition coefficient (Wildman–Crippen LogP) is 3.26. The third kappa shape index (κ3) is 4.36. The molecule has 0 radical (unpaired) electrons. The summed E-state index contributed by atoms with van der Waals surface area (Å²) in [5, 5.41) is -0.591. The first-order valence-corrected chi connectivity index (χ1v) is 8.95. The Labute approximate surface area is 136 Å². The zero-order valence-electron chi connectivity index (χ0n) is 13.5. The summed E-state index contributed by atoms with van der Waals surface area (Å²) < 4.78 is 40.7. The Morgan fingerprint density at radius 1 is 1.17 bits per heavy atom. The lowest BCUT2D eigenvalue weighted by Crippen LogP contribution is -2.39. The monoisotopic (exact) mass is 336 g/mol. The molecule has 0 spiro atoms. The van der Waals surface area contributed by atoms with Crippen LogP contribution in [0.2, 0.25) is 0 Å². The molecule has 1 unspecified atom stereocenters. The van der Waals surface area contributed by atoms with Gasteiger partial charge in [-0.05, 0) is 43.5 Å². The molecule has 2 rings (SSSR count). The standard InChI is InChI=1S/C17H21FN2O2S/c1-13(2)23(21,22)20-12-17(3,18)16-8-6-14(7-9-16)15-5-4-10-19-11-15/h4-11,13,20H,12H2,1-3H3. The number of pyridine rings is 1. The molecule has 4 nitrogen and oxygen atoms in total. The number of aromatic nitrogens is 1. The van der Waals surface area contributed by atoms with Crippen LogP contribution in [0.5, 0.6) is 0 Å². The van der Waals surface area contributed by atoms with Crippen molar-refractivity contribution in [1.82, 2.24) is 9.71 Å². The van der Waals surface area contributed by atoms with Gasteiger partial charge in [-0.3, -0.25) is 4.98 Å². The van der Waals surface area contributed by atoms with E-state index in [4.69, 9.17) is 0 Å². The molecular weight excluding hydrogens is 315 g/mol. The fourth-order valence-electron chi connectivity index (χ4n) is 2.05. The maximum atomic E-state index is 14.8. The molecule has 1 atom stereocenters. The van der Waals surface area contributed by atoms with Crippen LogP contribution in [0, 0.1) is 0 Å². The molecule has 0 fully saturated rings. The van der Waals surface area contributed by atoms with E-state index in [2.05, 4.69) is 9.71 Å². The van der Waals surface area contributed by atoms with Crippen molar-refractivity contribution < 1.29 is 12.8 Å². The van der Waals surface area contributed by atoms with E-state index in [0.29, 0.717) is 5.56 Å². The van der Waals surface area contributed by atoms with E-state index in [1.165, 1.54) is 6.92 Å². The highest BCUT2D eigenvalue weighted by Crippen LogP contribution is 2.27. The zero-order valence-corrected chi connectivity index (χ0v) is 14.3. The second kappa shape index (κ2) is 6.76. The van der Waals surface area contributed by atoms with Crippen molar-refractivity contribution in [2.45, 2.75) is 31.7 Å². The molecule has 0 bridgehead atoms. The Morgan fingerprint density at radius 3 is 2.35 bits per heavy atom. The zero-order chi connectivity index (χ0) is 17.1. The van der Waals surface area contributed by atoms with Crippen molar-refractivity contribution in [2.24, 2.45) is 0 Å². The Kier molecular flexibility index (Phi) is 5.16. The normalized spacial score (nSPS) is 14.7. The van der Waals surface area contributed by atoms with Gasteiger partial charge in [0.1, 0.15) is 5.67 Å². The molecule has 1 aromatic carbocycles. The largest absolute Gasteiger partial charge is 0.264 e. The quantitative estimate of drug-likeness (QED) is 0.881. The van der Waals surface area contributed by atoms with Gasteiger partial charge in [0.15, 0.2) is 0 Å². The topological polar surface area (TPSA) is 59.1 Å². The molecule has 1 heterocycles. The van der Waals surface area contributed by atoms with E-state index >= 15 is 0 Å². The van der Waals surface area contributed by atoms with Crippen molar-refractivity contribution in [3.63, 3.8) is 0 Å². The first-order chi connectivity index (χ1) is 10.7. The predicted molar refractivity (Wildman–Crippen MR) is 90.2 cm³/mol. The van der Waals surface area contributed by atoms with Crippen molar-refractivity contribution in [3.05, 3.63) is 54.4 Å². The van der Waals surface area contributed by atoms with Crippen molar-refractivity contribution in [2.75, 3.05) is 6.54 Å². The van der Waals surface area contributed by atoms with Gasteiger partial charge in [-0.2, -0.15) is 0 Å². The summed E-state index contributed by atoms with van der Waals surface area (Å²) >= 11 is 0. The number of hydrogen-bond acceptors (Lipinski definition) is 3. The summed E-state index contributed by atoms with van der Waals surface area (Å²) in [5.41, 5.74) is 0.521. The number of benzene rings is 1. The first-order valence-electron chi connectivity index (χ1n) is 7.41. The highest BCUT2D eigenvalue weighted by Gasteiger charge is 2.28. The van der Waals surface area contributed by atoms with E-state index in [1.807, 2.05) is 12.1 Å². The summed E-state index contributed by atoms with van der Waals surface area (Å²) in [4.78, 5) is 4.05. The average Bonchev–Trinajstić information content (AvgIpc) is 2.54. The van der Waals surface area contributed by atoms with Crippen LogP contribution in [-0.2, 0) is 15.7 Å². The number of nitrogens with one attached hydrogen (secondary N) is 1. The summed E-state index contributed by atoms with van der Waals surface area (Å²) in [6.45, 7) is 4.19. The van der Waals surface area contributed by atoms with Gasteiger partial charge in [0.05, 0.1) is 5.25 Å². The Balaban J connectivity index is 2.14. The second-order valence-corrected chi connectivity index (χ2v) is 8.25. The number of alkyl halides is 1. The van der Waals surface area contributed by atoms with Crippen LogP contribution in [0.3, 0.4) is 0 Å². The smallest absolute Gasteiger partial charge is 0.214 e. The Hall–Kier alpha value is -1.79. The summed E-state index contributed by atoms with van der Waals surface area (Å²) in [5.74, 6) is 0. The van der Waals surface area contributed by atoms with Gasteiger partial charge >= 0.3 is 0 Å². The minimum absolute atomic E-state index is 0.292. The maximum Gasteiger partial charge on any atom is 0.214 e. The van der Waals surface area contributed by atoms with Gasteiger partial charge in [0.25, 0.3) is 0 Å².